The molecule has 0 aromatic heterocycles. The van der Waals surface area contributed by atoms with Crippen molar-refractivity contribution in [2.75, 3.05) is 6.79 Å². The topological polar surface area (TPSA) is 47.9 Å². The molecular formula is C14H14ClNO3. The summed E-state index contributed by atoms with van der Waals surface area (Å²) in [5.74, 6) is 1.23. The third-order valence-corrected chi connectivity index (χ3v) is 4.32. The Morgan fingerprint density at radius 3 is 2.79 bits per heavy atom. The van der Waals surface area contributed by atoms with E-state index < -0.39 is 5.54 Å². The molecule has 5 heteroatoms. The maximum absolute atomic E-state index is 10.8. The van der Waals surface area contributed by atoms with Gasteiger partial charge in [0.1, 0.15) is 5.54 Å². The summed E-state index contributed by atoms with van der Waals surface area (Å²) in [6, 6.07) is 1.91. The molecule has 0 atom stereocenters. The van der Waals surface area contributed by atoms with Gasteiger partial charge in [0.25, 0.3) is 0 Å². The van der Waals surface area contributed by atoms with E-state index in [2.05, 4.69) is 4.99 Å². The van der Waals surface area contributed by atoms with Crippen molar-refractivity contribution in [2.24, 2.45) is 4.99 Å². The maximum atomic E-state index is 10.8. The van der Waals surface area contributed by atoms with Gasteiger partial charge in [-0.3, -0.25) is 0 Å². The number of rotatable bonds is 2. The van der Waals surface area contributed by atoms with Crippen LogP contribution in [-0.2, 0) is 10.3 Å². The molecule has 0 saturated heterocycles. The van der Waals surface area contributed by atoms with Gasteiger partial charge in [-0.1, -0.05) is 24.4 Å². The van der Waals surface area contributed by atoms with Gasteiger partial charge in [-0.25, -0.2) is 4.79 Å². The lowest BCUT2D eigenvalue weighted by atomic mass is 9.85. The van der Waals surface area contributed by atoms with Crippen LogP contribution in [0.1, 0.15) is 36.8 Å². The van der Waals surface area contributed by atoms with E-state index in [0.29, 0.717) is 16.5 Å². The van der Waals surface area contributed by atoms with Crippen LogP contribution in [0.15, 0.2) is 11.1 Å². The van der Waals surface area contributed by atoms with E-state index in [4.69, 9.17) is 21.1 Å². The molecule has 4 nitrogen and oxygen atoms in total. The second kappa shape index (κ2) is 4.55. The Bertz CT molecular complexity index is 573. The molecular weight excluding hydrogens is 266 g/mol. The van der Waals surface area contributed by atoms with E-state index in [-0.39, 0.29) is 6.79 Å². The van der Waals surface area contributed by atoms with Crippen LogP contribution in [0.5, 0.6) is 11.5 Å². The smallest absolute Gasteiger partial charge is 0.235 e. The molecule has 1 fully saturated rings. The molecule has 1 aliphatic heterocycles. The van der Waals surface area contributed by atoms with E-state index in [1.54, 1.807) is 6.08 Å². The Hall–Kier alpha value is -1.51. The molecule has 0 spiro atoms. The van der Waals surface area contributed by atoms with Gasteiger partial charge < -0.3 is 9.47 Å². The number of ether oxygens (including phenoxy) is 2. The zero-order valence-electron chi connectivity index (χ0n) is 10.7. The van der Waals surface area contributed by atoms with Crippen LogP contribution in [0.25, 0.3) is 0 Å². The predicted molar refractivity (Wildman–Crippen MR) is 70.6 cm³/mol. The fraction of sp³-hybridized carbons (Fsp3) is 0.500. The first-order valence-corrected chi connectivity index (χ1v) is 6.74. The minimum absolute atomic E-state index is 0.182. The van der Waals surface area contributed by atoms with Crippen LogP contribution >= 0.6 is 11.6 Å². The van der Waals surface area contributed by atoms with Crippen molar-refractivity contribution >= 4 is 17.7 Å². The minimum atomic E-state index is -0.538. The van der Waals surface area contributed by atoms with E-state index in [9.17, 15) is 4.79 Å². The van der Waals surface area contributed by atoms with Crippen LogP contribution in [0, 0.1) is 6.92 Å². The zero-order valence-corrected chi connectivity index (χ0v) is 11.4. The first-order valence-electron chi connectivity index (χ1n) is 6.36. The highest BCUT2D eigenvalue weighted by molar-refractivity contribution is 6.33. The summed E-state index contributed by atoms with van der Waals surface area (Å²) in [7, 11) is 0. The van der Waals surface area contributed by atoms with E-state index in [1.165, 1.54) is 0 Å². The fourth-order valence-corrected chi connectivity index (χ4v) is 3.63. The van der Waals surface area contributed by atoms with Gasteiger partial charge in [0, 0.05) is 5.56 Å². The summed E-state index contributed by atoms with van der Waals surface area (Å²) in [5.41, 5.74) is 1.33. The number of benzene rings is 1. The lowest BCUT2D eigenvalue weighted by Crippen LogP contribution is -2.21. The van der Waals surface area contributed by atoms with Crippen molar-refractivity contribution in [2.45, 2.75) is 38.1 Å². The van der Waals surface area contributed by atoms with Gasteiger partial charge in [0.15, 0.2) is 11.5 Å². The van der Waals surface area contributed by atoms with Gasteiger partial charge in [-0.05, 0) is 31.4 Å². The third-order valence-electron chi connectivity index (χ3n) is 3.96. The maximum Gasteiger partial charge on any atom is 0.235 e. The van der Waals surface area contributed by atoms with Gasteiger partial charge in [-0.2, -0.15) is 4.99 Å². The van der Waals surface area contributed by atoms with Gasteiger partial charge in [0.2, 0.25) is 12.9 Å². The first kappa shape index (κ1) is 12.5. The first-order chi connectivity index (χ1) is 9.18. The minimum Gasteiger partial charge on any atom is -0.454 e. The predicted octanol–water partition coefficient (Wildman–Crippen LogP) is 3.48. The third kappa shape index (κ3) is 1.83. The zero-order chi connectivity index (χ0) is 13.5. The van der Waals surface area contributed by atoms with Gasteiger partial charge in [0.05, 0.1) is 5.02 Å². The highest BCUT2D eigenvalue weighted by Crippen LogP contribution is 2.51. The molecule has 19 heavy (non-hydrogen) atoms. The quantitative estimate of drug-likeness (QED) is 0.615. The second-order valence-electron chi connectivity index (χ2n) is 5.06. The second-order valence-corrected chi connectivity index (χ2v) is 5.44. The van der Waals surface area contributed by atoms with Crippen LogP contribution in [0.4, 0.5) is 0 Å². The number of nitrogens with zero attached hydrogens (tertiary/aromatic N) is 1. The number of hydrogen-bond acceptors (Lipinski definition) is 4. The molecule has 0 unspecified atom stereocenters. The van der Waals surface area contributed by atoms with Gasteiger partial charge in [-0.15, -0.1) is 0 Å². The lowest BCUT2D eigenvalue weighted by Gasteiger charge is -2.26. The molecule has 100 valence electrons. The number of fused-ring (bicyclic) bond motifs is 1. The summed E-state index contributed by atoms with van der Waals surface area (Å²) < 4.78 is 10.8. The molecule has 1 saturated carbocycles. The molecule has 0 amide bonds. The molecule has 1 heterocycles. The normalized spacial score (nSPS) is 19.3. The molecule has 0 N–H and O–H groups in total. The number of aryl methyl sites for hydroxylation is 1. The fourth-order valence-electron chi connectivity index (χ4n) is 3.16. The summed E-state index contributed by atoms with van der Waals surface area (Å²) in [6.07, 6.45) is 5.43. The molecule has 1 aliphatic carbocycles. The highest BCUT2D eigenvalue weighted by Gasteiger charge is 2.40. The van der Waals surface area contributed by atoms with Crippen LogP contribution in [0.2, 0.25) is 5.02 Å². The van der Waals surface area contributed by atoms with Crippen molar-refractivity contribution in [1.82, 2.24) is 0 Å². The number of isocyanates is 1. The number of carbonyl (C=O) groups excluding carboxylic acids is 1. The van der Waals surface area contributed by atoms with Crippen molar-refractivity contribution < 1.29 is 14.3 Å². The molecule has 0 radical (unpaired) electrons. The number of hydrogen-bond donors (Lipinski definition) is 0. The number of aliphatic imine (C=N–C) groups is 1. The molecule has 1 aromatic rings. The summed E-state index contributed by atoms with van der Waals surface area (Å²) in [4.78, 5) is 14.9. The average Bonchev–Trinajstić information content (AvgIpc) is 2.99. The summed E-state index contributed by atoms with van der Waals surface area (Å²) in [6.45, 7) is 2.14. The van der Waals surface area contributed by atoms with Crippen LogP contribution < -0.4 is 9.47 Å². The Balaban J connectivity index is 2.22. The molecule has 1 aromatic carbocycles. The highest BCUT2D eigenvalue weighted by atomic mass is 35.5. The van der Waals surface area contributed by atoms with E-state index in [0.717, 1.165) is 36.8 Å². The standard InChI is InChI=1S/C14H14ClNO3/c1-9-6-10-13(19-8-18-10)12(15)11(9)14(16-7-17)4-2-3-5-14/h6H,2-5,8H2,1H3. The van der Waals surface area contributed by atoms with E-state index >= 15 is 0 Å². The Labute approximate surface area is 116 Å². The molecule has 3 rings (SSSR count). The van der Waals surface area contributed by atoms with E-state index in [1.807, 2.05) is 13.0 Å². The SMILES string of the molecule is Cc1cc2c(c(Cl)c1C1(N=C=O)CCCC1)OCO2. The average molecular weight is 280 g/mol. The van der Waals surface area contributed by atoms with Crippen LogP contribution in [0.3, 0.4) is 0 Å². The number of halogens is 1. The Kier molecular flexibility index (Phi) is 3.00. The summed E-state index contributed by atoms with van der Waals surface area (Å²) >= 11 is 6.47. The molecule has 0 bridgehead atoms. The lowest BCUT2D eigenvalue weighted by molar-refractivity contribution is 0.174. The van der Waals surface area contributed by atoms with Crippen molar-refractivity contribution in [3.05, 3.63) is 22.2 Å². The van der Waals surface area contributed by atoms with Crippen molar-refractivity contribution in [3.63, 3.8) is 0 Å². The summed E-state index contributed by atoms with van der Waals surface area (Å²) in [5, 5.41) is 0.522. The van der Waals surface area contributed by atoms with Crippen molar-refractivity contribution in [1.29, 1.82) is 0 Å². The largest absolute Gasteiger partial charge is 0.454 e. The Morgan fingerprint density at radius 1 is 1.37 bits per heavy atom. The van der Waals surface area contributed by atoms with Crippen LogP contribution in [-0.4, -0.2) is 12.9 Å². The van der Waals surface area contributed by atoms with Crippen molar-refractivity contribution in [3.8, 4) is 11.5 Å². The monoisotopic (exact) mass is 279 g/mol. The van der Waals surface area contributed by atoms with Gasteiger partial charge >= 0.3 is 0 Å². The molecule has 2 aliphatic rings. The Morgan fingerprint density at radius 2 is 2.11 bits per heavy atom.